The number of hydrogen-bond acceptors (Lipinski definition) is 3. The third kappa shape index (κ3) is 3.76. The van der Waals surface area contributed by atoms with Crippen molar-refractivity contribution in [1.29, 1.82) is 0 Å². The molecule has 106 valence electrons. The third-order valence-corrected chi connectivity index (χ3v) is 5.33. The summed E-state index contributed by atoms with van der Waals surface area (Å²) in [5.74, 6) is 0.0299. The van der Waals surface area contributed by atoms with Crippen molar-refractivity contribution in [3.63, 3.8) is 0 Å². The van der Waals surface area contributed by atoms with Crippen LogP contribution >= 0.6 is 0 Å². The summed E-state index contributed by atoms with van der Waals surface area (Å²) in [7, 11) is -3.33. The molecule has 5 nitrogen and oxygen atoms in total. The highest BCUT2D eigenvalue weighted by Crippen LogP contribution is 2.20. The van der Waals surface area contributed by atoms with Crippen LogP contribution in [-0.2, 0) is 15.0 Å². The minimum atomic E-state index is -3.33. The van der Waals surface area contributed by atoms with Crippen molar-refractivity contribution in [3.05, 3.63) is 0 Å². The van der Waals surface area contributed by atoms with Gasteiger partial charge in [0.15, 0.2) is 0 Å². The fourth-order valence-electron chi connectivity index (χ4n) is 2.25. The second-order valence-corrected chi connectivity index (χ2v) is 6.71. The van der Waals surface area contributed by atoms with E-state index in [-0.39, 0.29) is 5.92 Å². The van der Waals surface area contributed by atoms with E-state index in [0.29, 0.717) is 39.0 Å². The average molecular weight is 276 g/mol. The lowest BCUT2D eigenvalue weighted by atomic mass is 10.0. The molecule has 0 bridgehead atoms. The summed E-state index contributed by atoms with van der Waals surface area (Å²) in [6, 6.07) is 0. The summed E-state index contributed by atoms with van der Waals surface area (Å²) in [5, 5.41) is 0. The molecule has 1 fully saturated rings. The van der Waals surface area contributed by atoms with Crippen molar-refractivity contribution < 1.29 is 13.2 Å². The molecule has 6 heteroatoms. The average Bonchev–Trinajstić information content (AvgIpc) is 2.38. The maximum Gasteiger partial charge on any atom is 0.281 e. The molecular weight excluding hydrogens is 252 g/mol. The number of carbonyl (C=O) groups is 1. The highest BCUT2D eigenvalue weighted by molar-refractivity contribution is 7.86. The summed E-state index contributed by atoms with van der Waals surface area (Å²) in [6.07, 6.45) is 3.89. The van der Waals surface area contributed by atoms with Gasteiger partial charge in [-0.1, -0.05) is 13.8 Å². The lowest BCUT2D eigenvalue weighted by Crippen LogP contribution is -2.47. The first-order chi connectivity index (χ1) is 8.56. The van der Waals surface area contributed by atoms with Gasteiger partial charge in [0.1, 0.15) is 6.29 Å². The van der Waals surface area contributed by atoms with Gasteiger partial charge in [0, 0.05) is 32.1 Å². The molecule has 0 atom stereocenters. The smallest absolute Gasteiger partial charge is 0.281 e. The molecule has 0 aliphatic carbocycles. The van der Waals surface area contributed by atoms with Crippen LogP contribution in [0.2, 0.25) is 0 Å². The van der Waals surface area contributed by atoms with Crippen LogP contribution in [0.4, 0.5) is 0 Å². The fourth-order valence-corrected chi connectivity index (χ4v) is 4.07. The maximum absolute atomic E-state index is 12.4. The summed E-state index contributed by atoms with van der Waals surface area (Å²) >= 11 is 0. The fraction of sp³-hybridized carbons (Fsp3) is 0.917. The van der Waals surface area contributed by atoms with E-state index in [1.54, 1.807) is 4.31 Å². The van der Waals surface area contributed by atoms with Gasteiger partial charge >= 0.3 is 0 Å². The Bertz CT molecular complexity index is 342. The lowest BCUT2D eigenvalue weighted by Gasteiger charge is -2.33. The number of nitrogens with zero attached hydrogens (tertiary/aromatic N) is 2. The Hall–Kier alpha value is -0.460. The molecule has 0 saturated carbocycles. The standard InChI is InChI=1S/C12H24N2O3S/c1-3-7-13(8-4-2)18(16,17)14-9-5-12(11-15)6-10-14/h11-12H,3-10H2,1-2H3. The molecule has 0 radical (unpaired) electrons. The van der Waals surface area contributed by atoms with Gasteiger partial charge in [-0.05, 0) is 25.7 Å². The first kappa shape index (κ1) is 15.6. The van der Waals surface area contributed by atoms with Gasteiger partial charge in [0.05, 0.1) is 0 Å². The zero-order valence-electron chi connectivity index (χ0n) is 11.3. The Balaban J connectivity index is 2.69. The highest BCUT2D eigenvalue weighted by atomic mass is 32.2. The third-order valence-electron chi connectivity index (χ3n) is 3.29. The van der Waals surface area contributed by atoms with Gasteiger partial charge in [-0.25, -0.2) is 0 Å². The van der Waals surface area contributed by atoms with Gasteiger partial charge in [0.2, 0.25) is 0 Å². The second-order valence-electron chi connectivity index (χ2n) is 4.78. The predicted molar refractivity (Wildman–Crippen MR) is 71.4 cm³/mol. The molecule has 0 amide bonds. The van der Waals surface area contributed by atoms with E-state index in [2.05, 4.69) is 0 Å². The van der Waals surface area contributed by atoms with E-state index in [1.165, 1.54) is 4.31 Å². The summed E-state index contributed by atoms with van der Waals surface area (Å²) in [4.78, 5) is 10.7. The van der Waals surface area contributed by atoms with E-state index >= 15 is 0 Å². The van der Waals surface area contributed by atoms with E-state index in [1.807, 2.05) is 13.8 Å². The molecule has 0 aromatic carbocycles. The Labute approximate surface area is 110 Å². The number of aldehydes is 1. The number of piperidine rings is 1. The Morgan fingerprint density at radius 1 is 1.17 bits per heavy atom. The maximum atomic E-state index is 12.4. The van der Waals surface area contributed by atoms with Crippen molar-refractivity contribution in [2.24, 2.45) is 5.92 Å². The van der Waals surface area contributed by atoms with Crippen LogP contribution < -0.4 is 0 Å². The molecule has 0 aromatic heterocycles. The van der Waals surface area contributed by atoms with E-state index in [9.17, 15) is 13.2 Å². The first-order valence-electron chi connectivity index (χ1n) is 6.76. The zero-order valence-corrected chi connectivity index (χ0v) is 12.2. The number of rotatable bonds is 7. The SMILES string of the molecule is CCCN(CCC)S(=O)(=O)N1CCC(C=O)CC1. The van der Waals surface area contributed by atoms with E-state index in [4.69, 9.17) is 0 Å². The van der Waals surface area contributed by atoms with Crippen LogP contribution in [0.15, 0.2) is 0 Å². The minimum Gasteiger partial charge on any atom is -0.303 e. The molecule has 1 aliphatic rings. The predicted octanol–water partition coefficient (Wildman–Crippen LogP) is 1.26. The van der Waals surface area contributed by atoms with Crippen LogP contribution in [0.25, 0.3) is 0 Å². The summed E-state index contributed by atoms with van der Waals surface area (Å²) in [6.45, 7) is 6.05. The topological polar surface area (TPSA) is 57.7 Å². The molecule has 1 saturated heterocycles. The van der Waals surface area contributed by atoms with Gasteiger partial charge in [-0.3, -0.25) is 0 Å². The van der Waals surface area contributed by atoms with Crippen molar-refractivity contribution in [3.8, 4) is 0 Å². The molecule has 0 aromatic rings. The van der Waals surface area contributed by atoms with Crippen molar-refractivity contribution in [2.45, 2.75) is 39.5 Å². The molecule has 1 heterocycles. The second kappa shape index (κ2) is 7.21. The van der Waals surface area contributed by atoms with Crippen LogP contribution in [0.1, 0.15) is 39.5 Å². The van der Waals surface area contributed by atoms with Gasteiger partial charge < -0.3 is 4.79 Å². The quantitative estimate of drug-likeness (QED) is 0.658. The molecule has 0 unspecified atom stereocenters. The van der Waals surface area contributed by atoms with Crippen LogP contribution in [0, 0.1) is 5.92 Å². The van der Waals surface area contributed by atoms with E-state index < -0.39 is 10.2 Å². The summed E-state index contributed by atoms with van der Waals surface area (Å²) < 4.78 is 27.9. The van der Waals surface area contributed by atoms with Gasteiger partial charge in [-0.15, -0.1) is 0 Å². The minimum absolute atomic E-state index is 0.0299. The monoisotopic (exact) mass is 276 g/mol. The molecule has 1 aliphatic heterocycles. The molecule has 18 heavy (non-hydrogen) atoms. The molecule has 0 spiro atoms. The van der Waals surface area contributed by atoms with E-state index in [0.717, 1.165) is 19.1 Å². The normalized spacial score (nSPS) is 19.3. The molecular formula is C12H24N2O3S. The zero-order chi connectivity index (χ0) is 13.6. The van der Waals surface area contributed by atoms with Crippen LogP contribution in [0.5, 0.6) is 0 Å². The van der Waals surface area contributed by atoms with Crippen molar-refractivity contribution >= 4 is 16.5 Å². The van der Waals surface area contributed by atoms with Gasteiger partial charge in [0.25, 0.3) is 10.2 Å². The molecule has 0 N–H and O–H groups in total. The van der Waals surface area contributed by atoms with Crippen molar-refractivity contribution in [1.82, 2.24) is 8.61 Å². The van der Waals surface area contributed by atoms with Crippen LogP contribution in [0.3, 0.4) is 0 Å². The molecule has 1 rings (SSSR count). The number of carbonyl (C=O) groups excluding carboxylic acids is 1. The Morgan fingerprint density at radius 3 is 2.06 bits per heavy atom. The number of hydrogen-bond donors (Lipinski definition) is 0. The summed E-state index contributed by atoms with van der Waals surface area (Å²) in [5.41, 5.74) is 0. The first-order valence-corrected chi connectivity index (χ1v) is 8.16. The Kier molecular flexibility index (Phi) is 6.25. The Morgan fingerprint density at radius 2 is 1.67 bits per heavy atom. The lowest BCUT2D eigenvalue weighted by molar-refractivity contribution is -0.112. The highest BCUT2D eigenvalue weighted by Gasteiger charge is 2.31. The van der Waals surface area contributed by atoms with Gasteiger partial charge in [-0.2, -0.15) is 17.0 Å². The van der Waals surface area contributed by atoms with Crippen molar-refractivity contribution in [2.75, 3.05) is 26.2 Å². The largest absolute Gasteiger partial charge is 0.303 e. The van der Waals surface area contributed by atoms with Crippen LogP contribution in [-0.4, -0.2) is 49.5 Å².